The summed E-state index contributed by atoms with van der Waals surface area (Å²) in [5.74, 6) is 1.40. The molecular formula is C27H31FN2O4S2. The van der Waals surface area contributed by atoms with Crippen LogP contribution >= 0.6 is 11.8 Å². The highest BCUT2D eigenvalue weighted by molar-refractivity contribution is 7.98. The second-order valence-corrected chi connectivity index (χ2v) is 11.0. The standard InChI is InChI=1S/C27H31FN2O4S2/c1-3-34-25-13-11-24(12-14-25)30(36(32,33)26-15-9-23(28)10-16-26)19-27(31)29-17-6-18-35-20-22-8-5-4-7-21(22)2/h4-5,7-16H,3,6,17-20H2,1-2H3,(H,29,31). The third-order valence-electron chi connectivity index (χ3n) is 5.43. The second kappa shape index (κ2) is 13.3. The highest BCUT2D eigenvalue weighted by atomic mass is 32.2. The van der Waals surface area contributed by atoms with Crippen molar-refractivity contribution >= 4 is 33.4 Å². The number of benzene rings is 3. The van der Waals surface area contributed by atoms with Crippen molar-refractivity contribution in [1.82, 2.24) is 5.32 Å². The summed E-state index contributed by atoms with van der Waals surface area (Å²) in [5.41, 5.74) is 2.87. The summed E-state index contributed by atoms with van der Waals surface area (Å²) in [5, 5.41) is 2.81. The van der Waals surface area contributed by atoms with E-state index in [1.54, 1.807) is 36.0 Å². The van der Waals surface area contributed by atoms with Crippen LogP contribution in [0.4, 0.5) is 10.1 Å². The minimum absolute atomic E-state index is 0.0989. The molecule has 0 aromatic heterocycles. The van der Waals surface area contributed by atoms with E-state index in [4.69, 9.17) is 4.74 Å². The number of nitrogens with zero attached hydrogens (tertiary/aromatic N) is 1. The van der Waals surface area contributed by atoms with Crippen LogP contribution in [0.5, 0.6) is 5.75 Å². The van der Waals surface area contributed by atoms with Gasteiger partial charge in [0.15, 0.2) is 0 Å². The zero-order chi connectivity index (χ0) is 26.0. The molecular weight excluding hydrogens is 499 g/mol. The largest absolute Gasteiger partial charge is 0.494 e. The quantitative estimate of drug-likeness (QED) is 0.309. The molecule has 9 heteroatoms. The van der Waals surface area contributed by atoms with Gasteiger partial charge in [-0.05, 0) is 85.7 Å². The van der Waals surface area contributed by atoms with E-state index < -0.39 is 28.3 Å². The van der Waals surface area contributed by atoms with Gasteiger partial charge in [-0.15, -0.1) is 0 Å². The van der Waals surface area contributed by atoms with Crippen LogP contribution < -0.4 is 14.4 Å². The highest BCUT2D eigenvalue weighted by Crippen LogP contribution is 2.26. The van der Waals surface area contributed by atoms with Crippen molar-refractivity contribution in [3.8, 4) is 5.75 Å². The lowest BCUT2D eigenvalue weighted by molar-refractivity contribution is -0.119. The molecule has 0 saturated heterocycles. The number of hydrogen-bond acceptors (Lipinski definition) is 5. The molecule has 6 nitrogen and oxygen atoms in total. The molecule has 0 aliphatic heterocycles. The molecule has 0 aliphatic rings. The molecule has 0 atom stereocenters. The molecule has 0 fully saturated rings. The van der Waals surface area contributed by atoms with Crippen LogP contribution in [-0.2, 0) is 20.6 Å². The number of nitrogens with one attached hydrogen (secondary N) is 1. The van der Waals surface area contributed by atoms with Crippen molar-refractivity contribution in [2.24, 2.45) is 0 Å². The minimum Gasteiger partial charge on any atom is -0.494 e. The van der Waals surface area contributed by atoms with Gasteiger partial charge < -0.3 is 10.1 Å². The van der Waals surface area contributed by atoms with Gasteiger partial charge in [0.1, 0.15) is 18.1 Å². The first kappa shape index (κ1) is 27.5. The summed E-state index contributed by atoms with van der Waals surface area (Å²) in [7, 11) is -4.10. The van der Waals surface area contributed by atoms with Crippen molar-refractivity contribution < 1.29 is 22.3 Å². The van der Waals surface area contributed by atoms with Gasteiger partial charge in [-0.1, -0.05) is 24.3 Å². The van der Waals surface area contributed by atoms with Gasteiger partial charge in [-0.3, -0.25) is 9.10 Å². The number of aryl methyl sites for hydroxylation is 1. The Balaban J connectivity index is 1.61. The van der Waals surface area contributed by atoms with E-state index in [2.05, 4.69) is 24.4 Å². The number of thioether (sulfide) groups is 1. The van der Waals surface area contributed by atoms with E-state index in [1.165, 1.54) is 23.3 Å². The summed E-state index contributed by atoms with van der Waals surface area (Å²) in [6.45, 7) is 4.46. The molecule has 0 bridgehead atoms. The highest BCUT2D eigenvalue weighted by Gasteiger charge is 2.27. The Morgan fingerprint density at radius 3 is 2.39 bits per heavy atom. The fourth-order valence-electron chi connectivity index (χ4n) is 3.47. The van der Waals surface area contributed by atoms with E-state index in [9.17, 15) is 17.6 Å². The van der Waals surface area contributed by atoms with Gasteiger partial charge >= 0.3 is 0 Å². The number of halogens is 1. The molecule has 0 radical (unpaired) electrons. The number of ether oxygens (including phenoxy) is 1. The van der Waals surface area contributed by atoms with Crippen LogP contribution in [0.15, 0.2) is 77.7 Å². The average molecular weight is 531 g/mol. The third-order valence-corrected chi connectivity index (χ3v) is 8.31. The van der Waals surface area contributed by atoms with Gasteiger partial charge in [-0.25, -0.2) is 12.8 Å². The predicted molar refractivity (Wildman–Crippen MR) is 144 cm³/mol. The van der Waals surface area contributed by atoms with E-state index in [0.29, 0.717) is 24.6 Å². The average Bonchev–Trinajstić information content (AvgIpc) is 2.86. The molecule has 0 heterocycles. The first-order valence-corrected chi connectivity index (χ1v) is 14.3. The van der Waals surface area contributed by atoms with Crippen molar-refractivity contribution in [3.63, 3.8) is 0 Å². The molecule has 0 spiro atoms. The zero-order valence-corrected chi connectivity index (χ0v) is 22.1. The van der Waals surface area contributed by atoms with Crippen LogP contribution in [0.3, 0.4) is 0 Å². The maximum Gasteiger partial charge on any atom is 0.264 e. The Morgan fingerprint density at radius 2 is 1.72 bits per heavy atom. The van der Waals surface area contributed by atoms with Gasteiger partial charge in [0.25, 0.3) is 10.0 Å². The molecule has 0 unspecified atom stereocenters. The number of rotatable bonds is 13. The monoisotopic (exact) mass is 530 g/mol. The van der Waals surface area contributed by atoms with E-state index in [1.807, 2.05) is 19.1 Å². The first-order chi connectivity index (χ1) is 17.3. The van der Waals surface area contributed by atoms with Gasteiger partial charge in [0, 0.05) is 12.3 Å². The van der Waals surface area contributed by atoms with Crippen LogP contribution in [0, 0.1) is 12.7 Å². The summed E-state index contributed by atoms with van der Waals surface area (Å²) >= 11 is 1.79. The molecule has 1 N–H and O–H groups in total. The smallest absolute Gasteiger partial charge is 0.264 e. The summed E-state index contributed by atoms with van der Waals surface area (Å²) in [4.78, 5) is 12.6. The van der Waals surface area contributed by atoms with Crippen molar-refractivity contribution in [2.75, 3.05) is 29.8 Å². The SMILES string of the molecule is CCOc1ccc(N(CC(=O)NCCCSCc2ccccc2C)S(=O)(=O)c2ccc(F)cc2)cc1. The Kier molecular flexibility index (Phi) is 10.2. The topological polar surface area (TPSA) is 75.7 Å². The van der Waals surface area contributed by atoms with E-state index in [0.717, 1.165) is 34.4 Å². The number of hydrogen-bond donors (Lipinski definition) is 1. The number of sulfonamides is 1. The molecule has 36 heavy (non-hydrogen) atoms. The number of amides is 1. The van der Waals surface area contributed by atoms with Crippen molar-refractivity contribution in [3.05, 3.63) is 89.7 Å². The lowest BCUT2D eigenvalue weighted by atomic mass is 10.1. The van der Waals surface area contributed by atoms with Gasteiger partial charge in [0.2, 0.25) is 5.91 Å². The maximum atomic E-state index is 13.4. The van der Waals surface area contributed by atoms with E-state index in [-0.39, 0.29) is 4.90 Å². The van der Waals surface area contributed by atoms with Crippen LogP contribution in [0.2, 0.25) is 0 Å². The lowest BCUT2D eigenvalue weighted by Crippen LogP contribution is -2.41. The predicted octanol–water partition coefficient (Wildman–Crippen LogP) is 5.17. The van der Waals surface area contributed by atoms with Gasteiger partial charge in [0.05, 0.1) is 17.2 Å². The molecule has 1 amide bonds. The number of carbonyl (C=O) groups excluding carboxylic acids is 1. The van der Waals surface area contributed by atoms with Crippen LogP contribution in [0.1, 0.15) is 24.5 Å². The fourth-order valence-corrected chi connectivity index (χ4v) is 5.92. The van der Waals surface area contributed by atoms with Crippen molar-refractivity contribution in [2.45, 2.75) is 30.9 Å². The Bertz CT molecular complexity index is 1230. The summed E-state index contributed by atoms with van der Waals surface area (Å²) < 4.78 is 46.6. The normalized spacial score (nSPS) is 11.2. The molecule has 3 aromatic rings. The van der Waals surface area contributed by atoms with Crippen LogP contribution in [0.25, 0.3) is 0 Å². The molecule has 192 valence electrons. The Morgan fingerprint density at radius 1 is 1.03 bits per heavy atom. The fraction of sp³-hybridized carbons (Fsp3) is 0.296. The Labute approximate surface area is 216 Å². The second-order valence-electron chi connectivity index (χ2n) is 8.08. The van der Waals surface area contributed by atoms with Crippen LogP contribution in [-0.4, -0.2) is 39.8 Å². The zero-order valence-electron chi connectivity index (χ0n) is 20.4. The number of carbonyl (C=O) groups is 1. The molecule has 0 aliphatic carbocycles. The Hall–Kier alpha value is -3.04. The number of anilines is 1. The summed E-state index contributed by atoms with van der Waals surface area (Å²) in [6, 6.07) is 19.3. The maximum absolute atomic E-state index is 13.4. The minimum atomic E-state index is -4.10. The summed E-state index contributed by atoms with van der Waals surface area (Å²) in [6.07, 6.45) is 0.760. The first-order valence-electron chi connectivity index (χ1n) is 11.7. The molecule has 3 rings (SSSR count). The molecule has 0 saturated carbocycles. The van der Waals surface area contributed by atoms with Gasteiger partial charge in [-0.2, -0.15) is 11.8 Å². The lowest BCUT2D eigenvalue weighted by Gasteiger charge is -2.24. The third kappa shape index (κ3) is 7.73. The van der Waals surface area contributed by atoms with Crippen molar-refractivity contribution in [1.29, 1.82) is 0 Å². The molecule has 3 aromatic carbocycles. The van der Waals surface area contributed by atoms with E-state index >= 15 is 0 Å².